The van der Waals surface area contributed by atoms with Crippen molar-refractivity contribution in [3.8, 4) is 5.75 Å². The van der Waals surface area contributed by atoms with Crippen LogP contribution in [0.15, 0.2) is 48.2 Å². The number of rotatable bonds is 6. The van der Waals surface area contributed by atoms with Gasteiger partial charge in [0.25, 0.3) is 5.91 Å². The molecule has 0 saturated carbocycles. The van der Waals surface area contributed by atoms with Crippen molar-refractivity contribution in [3.05, 3.63) is 70.7 Å². The van der Waals surface area contributed by atoms with E-state index in [4.69, 9.17) is 9.84 Å². The molecule has 1 aliphatic heterocycles. The van der Waals surface area contributed by atoms with E-state index < -0.39 is 5.92 Å². The Balaban J connectivity index is 1.86. The monoisotopic (exact) mass is 398 g/mol. The lowest BCUT2D eigenvalue weighted by Gasteiger charge is -2.24. The Morgan fingerprint density at radius 2 is 1.97 bits per heavy atom. The van der Waals surface area contributed by atoms with Crippen molar-refractivity contribution in [2.75, 3.05) is 18.5 Å². The quantitative estimate of drug-likeness (QED) is 0.698. The number of nitrogens with one attached hydrogen (secondary N) is 2. The number of anilines is 1. The highest BCUT2D eigenvalue weighted by atomic mass is 19.1. The Morgan fingerprint density at radius 1 is 1.24 bits per heavy atom. The van der Waals surface area contributed by atoms with E-state index in [1.54, 1.807) is 18.2 Å². The minimum Gasteiger partial charge on any atom is -0.491 e. The minimum absolute atomic E-state index is 0.0998. The second kappa shape index (κ2) is 8.87. The van der Waals surface area contributed by atoms with E-state index in [1.807, 2.05) is 19.9 Å². The van der Waals surface area contributed by atoms with Gasteiger partial charge >= 0.3 is 0 Å². The third-order valence-corrected chi connectivity index (χ3v) is 4.81. The lowest BCUT2D eigenvalue weighted by Crippen LogP contribution is -2.32. The summed E-state index contributed by atoms with van der Waals surface area (Å²) in [5.41, 5.74) is 3.39. The first-order chi connectivity index (χ1) is 13.9. The molecule has 0 spiro atoms. The lowest BCUT2D eigenvalue weighted by molar-refractivity contribution is -0.121. The fourth-order valence-corrected chi connectivity index (χ4v) is 3.30. The van der Waals surface area contributed by atoms with Crippen molar-refractivity contribution in [2.45, 2.75) is 26.2 Å². The van der Waals surface area contributed by atoms with Crippen LogP contribution in [0.25, 0.3) is 0 Å². The number of aryl methyl sites for hydroxylation is 2. The van der Waals surface area contributed by atoms with Crippen LogP contribution in [0.5, 0.6) is 5.75 Å². The van der Waals surface area contributed by atoms with Gasteiger partial charge in [0.1, 0.15) is 18.2 Å². The fraction of sp³-hybridized carbons (Fsp3) is 0.273. The molecule has 0 bridgehead atoms. The molecule has 0 radical (unpaired) electrons. The van der Waals surface area contributed by atoms with Gasteiger partial charge < -0.3 is 20.5 Å². The number of carbonyl (C=O) groups excluding carboxylic acids is 2. The summed E-state index contributed by atoms with van der Waals surface area (Å²) < 4.78 is 18.8. The van der Waals surface area contributed by atoms with E-state index in [9.17, 15) is 14.0 Å². The van der Waals surface area contributed by atoms with E-state index in [-0.39, 0.29) is 37.3 Å². The number of ether oxygens (including phenoxy) is 1. The van der Waals surface area contributed by atoms with Gasteiger partial charge in [0.2, 0.25) is 5.91 Å². The number of hydrogen-bond donors (Lipinski definition) is 3. The molecule has 0 unspecified atom stereocenters. The third kappa shape index (κ3) is 4.81. The van der Waals surface area contributed by atoms with Gasteiger partial charge in [-0.05, 0) is 42.7 Å². The molecule has 152 valence electrons. The van der Waals surface area contributed by atoms with Crippen LogP contribution in [0.3, 0.4) is 0 Å². The summed E-state index contributed by atoms with van der Waals surface area (Å²) in [6, 6.07) is 9.39. The van der Waals surface area contributed by atoms with Crippen LogP contribution in [0.4, 0.5) is 10.1 Å². The summed E-state index contributed by atoms with van der Waals surface area (Å²) in [5, 5.41) is 14.4. The van der Waals surface area contributed by atoms with Gasteiger partial charge in [0.15, 0.2) is 0 Å². The maximum atomic E-state index is 13.3. The number of hydrogen-bond acceptors (Lipinski definition) is 4. The highest BCUT2D eigenvalue weighted by Crippen LogP contribution is 2.32. The maximum Gasteiger partial charge on any atom is 0.253 e. The summed E-state index contributed by atoms with van der Waals surface area (Å²) in [6.45, 7) is 3.80. The summed E-state index contributed by atoms with van der Waals surface area (Å²) in [6.07, 6.45) is 1.50. The molecule has 1 aliphatic rings. The van der Waals surface area contributed by atoms with Gasteiger partial charge in [0.05, 0.1) is 6.61 Å². The highest BCUT2D eigenvalue weighted by Gasteiger charge is 2.29. The average Bonchev–Trinajstić information content (AvgIpc) is 2.69. The second-order valence-electron chi connectivity index (χ2n) is 6.93. The number of halogens is 1. The van der Waals surface area contributed by atoms with Crippen molar-refractivity contribution in [1.29, 1.82) is 0 Å². The highest BCUT2D eigenvalue weighted by molar-refractivity contribution is 6.06. The molecule has 2 amide bonds. The molecular weight excluding hydrogens is 375 g/mol. The molecule has 0 saturated heterocycles. The Hall–Kier alpha value is -3.19. The van der Waals surface area contributed by atoms with Gasteiger partial charge in [-0.15, -0.1) is 0 Å². The molecular formula is C22H23FN2O4. The average molecular weight is 398 g/mol. The molecule has 7 heteroatoms. The molecule has 2 aromatic carbocycles. The first-order valence-electron chi connectivity index (χ1n) is 9.30. The molecule has 0 aliphatic carbocycles. The summed E-state index contributed by atoms with van der Waals surface area (Å²) in [4.78, 5) is 24.9. The van der Waals surface area contributed by atoms with Crippen LogP contribution in [-0.2, 0) is 9.59 Å². The smallest absolute Gasteiger partial charge is 0.253 e. The number of benzene rings is 2. The van der Waals surface area contributed by atoms with Crippen LogP contribution >= 0.6 is 0 Å². The zero-order chi connectivity index (χ0) is 21.0. The van der Waals surface area contributed by atoms with Gasteiger partial charge in [-0.1, -0.05) is 18.2 Å². The largest absolute Gasteiger partial charge is 0.491 e. The molecule has 29 heavy (non-hydrogen) atoms. The molecule has 2 aromatic rings. The van der Waals surface area contributed by atoms with Gasteiger partial charge in [-0.2, -0.15) is 0 Å². The number of aliphatic hydroxyl groups is 1. The van der Waals surface area contributed by atoms with Crippen LogP contribution in [0.1, 0.15) is 29.0 Å². The Kier molecular flexibility index (Phi) is 6.29. The van der Waals surface area contributed by atoms with E-state index >= 15 is 0 Å². The molecule has 0 aromatic heterocycles. The number of amides is 2. The lowest BCUT2D eigenvalue weighted by atomic mass is 9.86. The topological polar surface area (TPSA) is 87.7 Å². The van der Waals surface area contributed by atoms with E-state index in [1.165, 1.54) is 18.3 Å². The van der Waals surface area contributed by atoms with Crippen LogP contribution in [0, 0.1) is 19.7 Å². The molecule has 3 rings (SSSR count). The molecule has 6 nitrogen and oxygen atoms in total. The molecule has 0 fully saturated rings. The zero-order valence-corrected chi connectivity index (χ0v) is 16.3. The van der Waals surface area contributed by atoms with E-state index in [2.05, 4.69) is 10.6 Å². The number of carbonyl (C=O) groups is 2. The van der Waals surface area contributed by atoms with E-state index in [0.717, 1.165) is 11.1 Å². The SMILES string of the molecule is Cc1cc(C)c(OCCO)cc1NC(=O)C1=CNC(=O)C[C@H]1c1ccc(F)cc1. The van der Waals surface area contributed by atoms with Crippen LogP contribution in [0.2, 0.25) is 0 Å². The number of aliphatic hydroxyl groups excluding tert-OH is 1. The third-order valence-electron chi connectivity index (χ3n) is 4.81. The predicted octanol–water partition coefficient (Wildman–Crippen LogP) is 2.94. The Morgan fingerprint density at radius 3 is 2.66 bits per heavy atom. The summed E-state index contributed by atoms with van der Waals surface area (Å²) in [5.74, 6) is -0.850. The van der Waals surface area contributed by atoms with Crippen molar-refractivity contribution in [1.82, 2.24) is 5.32 Å². The molecule has 1 heterocycles. The fourth-order valence-electron chi connectivity index (χ4n) is 3.30. The van der Waals surface area contributed by atoms with Crippen molar-refractivity contribution >= 4 is 17.5 Å². The van der Waals surface area contributed by atoms with Gasteiger partial charge in [-0.3, -0.25) is 9.59 Å². The van der Waals surface area contributed by atoms with Crippen molar-refractivity contribution in [2.24, 2.45) is 0 Å². The molecule has 1 atom stereocenters. The minimum atomic E-state index is -0.472. The molecule has 3 N–H and O–H groups in total. The second-order valence-corrected chi connectivity index (χ2v) is 6.93. The van der Waals surface area contributed by atoms with Crippen molar-refractivity contribution in [3.63, 3.8) is 0 Å². The van der Waals surface area contributed by atoms with Crippen LogP contribution < -0.4 is 15.4 Å². The standard InChI is InChI=1S/C22H23FN2O4/c1-13-9-14(2)20(29-8-7-26)11-19(13)25-22(28)18-12-24-21(27)10-17(18)15-3-5-16(23)6-4-15/h3-6,9,11-12,17,26H,7-8,10H2,1-2H3,(H,24,27)(H,25,28)/t17-/m0/s1. The predicted molar refractivity (Wildman–Crippen MR) is 107 cm³/mol. The zero-order valence-electron chi connectivity index (χ0n) is 16.3. The normalized spacial score (nSPS) is 16.1. The van der Waals surface area contributed by atoms with Gasteiger partial charge in [0, 0.05) is 35.9 Å². The summed E-state index contributed by atoms with van der Waals surface area (Å²) in [7, 11) is 0. The first kappa shape index (κ1) is 20.5. The summed E-state index contributed by atoms with van der Waals surface area (Å²) >= 11 is 0. The Bertz CT molecular complexity index is 954. The van der Waals surface area contributed by atoms with Crippen LogP contribution in [-0.4, -0.2) is 30.1 Å². The van der Waals surface area contributed by atoms with Crippen molar-refractivity contribution < 1.29 is 23.8 Å². The van der Waals surface area contributed by atoms with Gasteiger partial charge in [-0.25, -0.2) is 4.39 Å². The Labute approximate surface area is 168 Å². The van der Waals surface area contributed by atoms with E-state index in [0.29, 0.717) is 22.6 Å². The first-order valence-corrected chi connectivity index (χ1v) is 9.30. The maximum absolute atomic E-state index is 13.3.